The number of hydrogen-bond donors (Lipinski definition) is 1. The fraction of sp³-hybridized carbons (Fsp3) is 0.391. The summed E-state index contributed by atoms with van der Waals surface area (Å²) in [6.07, 6.45) is 4.74. The van der Waals surface area contributed by atoms with Gasteiger partial charge in [0.05, 0.1) is 10.9 Å². The van der Waals surface area contributed by atoms with Crippen molar-refractivity contribution in [2.75, 3.05) is 19.6 Å². The summed E-state index contributed by atoms with van der Waals surface area (Å²) in [6, 6.07) is 14.6. The van der Waals surface area contributed by atoms with Crippen molar-refractivity contribution in [1.82, 2.24) is 15.4 Å². The summed E-state index contributed by atoms with van der Waals surface area (Å²) in [5, 5.41) is 9.02. The summed E-state index contributed by atoms with van der Waals surface area (Å²) < 4.78 is 5.35. The van der Waals surface area contributed by atoms with Crippen LogP contribution in [0.5, 0.6) is 0 Å². The van der Waals surface area contributed by atoms with Crippen molar-refractivity contribution in [2.24, 2.45) is 0 Å². The number of amides is 1. The highest BCUT2D eigenvalue weighted by Crippen LogP contribution is 2.26. The van der Waals surface area contributed by atoms with E-state index in [9.17, 15) is 4.79 Å². The summed E-state index contributed by atoms with van der Waals surface area (Å²) >= 11 is 1.57. The van der Waals surface area contributed by atoms with Crippen LogP contribution in [0.25, 0.3) is 10.6 Å². The van der Waals surface area contributed by atoms with Gasteiger partial charge in [-0.3, -0.25) is 9.69 Å². The lowest BCUT2D eigenvalue weighted by Gasteiger charge is -2.35. The second kappa shape index (κ2) is 9.37. The number of carbonyl (C=O) groups excluding carboxylic acids is 1. The number of aromatic nitrogens is 1. The average Bonchev–Trinajstić information content (AvgIpc) is 3.47. The Morgan fingerprint density at radius 3 is 2.69 bits per heavy atom. The van der Waals surface area contributed by atoms with Crippen molar-refractivity contribution in [3.8, 4) is 10.6 Å². The van der Waals surface area contributed by atoms with Gasteiger partial charge >= 0.3 is 0 Å². The Balaban J connectivity index is 1.46. The molecule has 0 radical (unpaired) electrons. The minimum absolute atomic E-state index is 0.175. The van der Waals surface area contributed by atoms with Crippen molar-refractivity contribution < 1.29 is 9.32 Å². The molecule has 1 N–H and O–H groups in total. The fourth-order valence-electron chi connectivity index (χ4n) is 3.86. The van der Waals surface area contributed by atoms with E-state index < -0.39 is 0 Å². The minimum Gasteiger partial charge on any atom is -0.355 e. The van der Waals surface area contributed by atoms with Gasteiger partial charge in [0.15, 0.2) is 11.5 Å². The molecule has 1 atom stereocenters. The van der Waals surface area contributed by atoms with Crippen molar-refractivity contribution in [2.45, 2.75) is 38.6 Å². The van der Waals surface area contributed by atoms with Crippen LogP contribution in [0.15, 0.2) is 52.4 Å². The summed E-state index contributed by atoms with van der Waals surface area (Å²) in [6.45, 7) is 4.87. The molecule has 1 saturated heterocycles. The second-order valence-electron chi connectivity index (χ2n) is 7.47. The summed E-state index contributed by atoms with van der Waals surface area (Å²) in [5.41, 5.74) is 2.91. The first-order valence-corrected chi connectivity index (χ1v) is 11.2. The van der Waals surface area contributed by atoms with E-state index in [0.29, 0.717) is 18.0 Å². The van der Waals surface area contributed by atoms with E-state index in [0.717, 1.165) is 24.4 Å². The molecule has 5 nitrogen and oxygen atoms in total. The molecule has 6 heteroatoms. The van der Waals surface area contributed by atoms with Crippen LogP contribution in [0.3, 0.4) is 0 Å². The predicted octanol–water partition coefficient (Wildman–Crippen LogP) is 4.92. The molecule has 4 rings (SSSR count). The van der Waals surface area contributed by atoms with Crippen LogP contribution in [0.1, 0.15) is 53.8 Å². The maximum Gasteiger partial charge on any atom is 0.273 e. The van der Waals surface area contributed by atoms with Crippen molar-refractivity contribution in [1.29, 1.82) is 0 Å². The Morgan fingerprint density at radius 1 is 1.21 bits per heavy atom. The third kappa shape index (κ3) is 4.77. The van der Waals surface area contributed by atoms with Gasteiger partial charge in [-0.25, -0.2) is 0 Å². The molecule has 0 spiro atoms. The van der Waals surface area contributed by atoms with Crippen molar-refractivity contribution in [3.63, 3.8) is 0 Å². The zero-order valence-corrected chi connectivity index (χ0v) is 17.6. The highest BCUT2D eigenvalue weighted by atomic mass is 32.1. The summed E-state index contributed by atoms with van der Waals surface area (Å²) in [4.78, 5) is 16.2. The maximum atomic E-state index is 12.7. The van der Waals surface area contributed by atoms with Gasteiger partial charge in [-0.1, -0.05) is 48.8 Å². The molecule has 1 aliphatic heterocycles. The topological polar surface area (TPSA) is 58.4 Å². The fourth-order valence-corrected chi connectivity index (χ4v) is 4.53. The molecular weight excluding hydrogens is 382 g/mol. The quantitative estimate of drug-likeness (QED) is 0.602. The van der Waals surface area contributed by atoms with Crippen LogP contribution in [-0.4, -0.2) is 35.6 Å². The molecule has 3 heterocycles. The van der Waals surface area contributed by atoms with E-state index in [-0.39, 0.29) is 11.9 Å². The van der Waals surface area contributed by atoms with E-state index in [1.54, 1.807) is 17.4 Å². The van der Waals surface area contributed by atoms with Crippen LogP contribution in [-0.2, 0) is 6.42 Å². The van der Waals surface area contributed by atoms with E-state index in [4.69, 9.17) is 4.52 Å². The van der Waals surface area contributed by atoms with Gasteiger partial charge in [0.1, 0.15) is 0 Å². The van der Waals surface area contributed by atoms with E-state index in [1.165, 1.54) is 30.4 Å². The zero-order chi connectivity index (χ0) is 20.1. The van der Waals surface area contributed by atoms with Crippen LogP contribution in [0.2, 0.25) is 0 Å². The average molecular weight is 410 g/mol. The Labute approximate surface area is 175 Å². The normalized spacial score (nSPS) is 15.9. The molecule has 1 aromatic carbocycles. The van der Waals surface area contributed by atoms with Crippen LogP contribution in [0.4, 0.5) is 0 Å². The van der Waals surface area contributed by atoms with Crippen LogP contribution < -0.4 is 5.32 Å². The molecule has 1 aliphatic rings. The summed E-state index contributed by atoms with van der Waals surface area (Å²) in [7, 11) is 0. The first-order chi connectivity index (χ1) is 14.2. The monoisotopic (exact) mass is 409 g/mol. The first-order valence-electron chi connectivity index (χ1n) is 10.4. The standard InChI is InChI=1S/C23H27N3O2S/c1-2-17-8-10-18(11-9-17)20(26-12-4-3-5-13-26)16-24-23(27)19-15-21(28-25-19)22-7-6-14-29-22/h6-11,14-15,20H,2-5,12-13,16H2,1H3,(H,24,27)/t20-/m1/s1. The molecule has 2 aromatic heterocycles. The highest BCUT2D eigenvalue weighted by Gasteiger charge is 2.24. The maximum absolute atomic E-state index is 12.7. The molecule has 152 valence electrons. The molecule has 29 heavy (non-hydrogen) atoms. The Morgan fingerprint density at radius 2 is 2.00 bits per heavy atom. The molecule has 1 amide bonds. The SMILES string of the molecule is CCc1ccc([C@@H](CNC(=O)c2cc(-c3cccs3)on2)N2CCCCC2)cc1. The second-order valence-corrected chi connectivity index (χ2v) is 8.42. The third-order valence-electron chi connectivity index (χ3n) is 5.57. The van der Waals surface area contributed by atoms with Crippen LogP contribution >= 0.6 is 11.3 Å². The molecule has 0 aliphatic carbocycles. The smallest absolute Gasteiger partial charge is 0.273 e. The van der Waals surface area contributed by atoms with Gasteiger partial charge < -0.3 is 9.84 Å². The number of piperidine rings is 1. The first kappa shape index (κ1) is 19.9. The zero-order valence-electron chi connectivity index (χ0n) is 16.8. The number of carbonyl (C=O) groups is 1. The molecule has 0 unspecified atom stereocenters. The Hall–Kier alpha value is -2.44. The Bertz CT molecular complexity index is 912. The number of benzene rings is 1. The van der Waals surface area contributed by atoms with Gasteiger partial charge in [-0.2, -0.15) is 0 Å². The number of rotatable bonds is 7. The van der Waals surface area contributed by atoms with Crippen molar-refractivity contribution in [3.05, 3.63) is 64.7 Å². The number of nitrogens with one attached hydrogen (secondary N) is 1. The number of hydrogen-bond acceptors (Lipinski definition) is 5. The number of nitrogens with zero attached hydrogens (tertiary/aromatic N) is 2. The molecular formula is C23H27N3O2S. The lowest BCUT2D eigenvalue weighted by molar-refractivity contribution is 0.0915. The lowest BCUT2D eigenvalue weighted by atomic mass is 9.99. The third-order valence-corrected chi connectivity index (χ3v) is 6.45. The lowest BCUT2D eigenvalue weighted by Crippen LogP contribution is -2.40. The van der Waals surface area contributed by atoms with Crippen molar-refractivity contribution >= 4 is 17.2 Å². The van der Waals surface area contributed by atoms with Gasteiger partial charge in [-0.05, 0) is 54.9 Å². The minimum atomic E-state index is -0.191. The largest absolute Gasteiger partial charge is 0.355 e. The van der Waals surface area contributed by atoms with Gasteiger partial charge in [-0.15, -0.1) is 11.3 Å². The van der Waals surface area contributed by atoms with E-state index in [2.05, 4.69) is 46.6 Å². The number of aryl methyl sites for hydroxylation is 1. The molecule has 0 saturated carbocycles. The van der Waals surface area contributed by atoms with Crippen LogP contribution in [0, 0.1) is 0 Å². The number of likely N-dealkylation sites (tertiary alicyclic amines) is 1. The highest BCUT2D eigenvalue weighted by molar-refractivity contribution is 7.13. The van der Waals surface area contributed by atoms with Gasteiger partial charge in [0.25, 0.3) is 5.91 Å². The predicted molar refractivity (Wildman–Crippen MR) is 116 cm³/mol. The molecule has 3 aromatic rings. The van der Waals surface area contributed by atoms with E-state index in [1.807, 2.05) is 17.5 Å². The van der Waals surface area contributed by atoms with E-state index >= 15 is 0 Å². The summed E-state index contributed by atoms with van der Waals surface area (Å²) in [5.74, 6) is 0.441. The molecule has 0 bridgehead atoms. The van der Waals surface area contributed by atoms with Gasteiger partial charge in [0, 0.05) is 12.6 Å². The molecule has 1 fully saturated rings. The number of thiophene rings is 1. The Kier molecular flexibility index (Phi) is 6.42. The van der Waals surface area contributed by atoms with Gasteiger partial charge in [0.2, 0.25) is 0 Å².